The lowest BCUT2D eigenvalue weighted by atomic mass is 9.82. The molecular weight excluding hydrogens is 738 g/mol. The Morgan fingerprint density at radius 3 is 2.42 bits per heavy atom. The van der Waals surface area contributed by atoms with Crippen LogP contribution in [0.4, 0.5) is 15.5 Å². The maximum Gasteiger partial charge on any atom is 0.305 e. The second-order valence-corrected chi connectivity index (χ2v) is 19.2. The van der Waals surface area contributed by atoms with Crippen LogP contribution in [0.5, 0.6) is 0 Å². The van der Waals surface area contributed by atoms with Gasteiger partial charge in [0.05, 0.1) is 38.0 Å². The van der Waals surface area contributed by atoms with Crippen LogP contribution < -0.4 is 10.2 Å². The molecule has 2 saturated heterocycles. The topological polar surface area (TPSA) is 216 Å². The van der Waals surface area contributed by atoms with E-state index in [2.05, 4.69) is 5.32 Å². The maximum atomic E-state index is 16.6. The number of fused-ring (bicyclic) bond motifs is 3. The summed E-state index contributed by atoms with van der Waals surface area (Å²) in [6.45, 7) is 4.90. The second-order valence-electron chi connectivity index (χ2n) is 15.4. The van der Waals surface area contributed by atoms with Crippen molar-refractivity contribution < 1.29 is 63.0 Å². The normalized spacial score (nSPS) is 31.7. The molecule has 2 aromatic carbocycles. The number of halogens is 1. The van der Waals surface area contributed by atoms with Gasteiger partial charge >= 0.3 is 5.97 Å². The molecule has 0 aromatic heterocycles. The van der Waals surface area contributed by atoms with Crippen molar-refractivity contribution in [3.63, 3.8) is 0 Å². The third-order valence-electron chi connectivity index (χ3n) is 11.6. The zero-order chi connectivity index (χ0) is 40.0. The first kappa shape index (κ1) is 40.8. The molecule has 55 heavy (non-hydrogen) atoms. The molecule has 0 unspecified atom stereocenters. The van der Waals surface area contributed by atoms with Gasteiger partial charge < -0.3 is 59.0 Å². The van der Waals surface area contributed by atoms with Gasteiger partial charge in [0.2, 0.25) is 14.3 Å². The SMILES string of the molecule is COC(=O)CCCCN1C(=O)[C@@]2(O[C@@H](CC(=O)N3Cc4ccccc4C[C@H]3CO)[C@H]([Si](C)(C)F)[C@H]2C)c2cc(NC(=O)[C@H]3O[C@@H](O)[C@H](O)[C@@H](O)[C@@H]3O)ccc21. The number of nitrogens with one attached hydrogen (secondary N) is 1. The van der Waals surface area contributed by atoms with E-state index in [0.717, 1.165) is 11.1 Å². The van der Waals surface area contributed by atoms with Crippen LogP contribution in [0.15, 0.2) is 42.5 Å². The number of carbonyl (C=O) groups excluding carboxylic acids is 4. The fourth-order valence-corrected chi connectivity index (χ4v) is 11.3. The van der Waals surface area contributed by atoms with Gasteiger partial charge in [-0.05, 0) is 61.7 Å². The number of anilines is 2. The Morgan fingerprint density at radius 1 is 1.04 bits per heavy atom. The zero-order valence-corrected chi connectivity index (χ0v) is 32.3. The zero-order valence-electron chi connectivity index (χ0n) is 31.3. The number of esters is 1. The van der Waals surface area contributed by atoms with Gasteiger partial charge in [0.15, 0.2) is 18.0 Å². The molecule has 4 aliphatic rings. The molecule has 17 heteroatoms. The first-order valence-corrected chi connectivity index (χ1v) is 21.5. The van der Waals surface area contributed by atoms with Crippen molar-refractivity contribution in [2.75, 3.05) is 30.5 Å². The summed E-state index contributed by atoms with van der Waals surface area (Å²) in [5, 5.41) is 53.3. The van der Waals surface area contributed by atoms with E-state index in [0.29, 0.717) is 30.5 Å². The molecule has 6 rings (SSSR count). The van der Waals surface area contributed by atoms with Crippen molar-refractivity contribution in [3.8, 4) is 0 Å². The molecule has 0 radical (unpaired) electrons. The van der Waals surface area contributed by atoms with E-state index in [-0.39, 0.29) is 44.1 Å². The largest absolute Gasteiger partial charge is 0.469 e. The van der Waals surface area contributed by atoms with Gasteiger partial charge in [-0.3, -0.25) is 19.2 Å². The Hall–Kier alpha value is -3.81. The lowest BCUT2D eigenvalue weighted by Gasteiger charge is -2.37. The van der Waals surface area contributed by atoms with Crippen LogP contribution in [-0.4, -0.2) is 126 Å². The summed E-state index contributed by atoms with van der Waals surface area (Å²) in [6.07, 6.45) is -9.20. The molecule has 0 bridgehead atoms. The Morgan fingerprint density at radius 2 is 1.75 bits per heavy atom. The van der Waals surface area contributed by atoms with E-state index in [1.165, 1.54) is 37.2 Å². The van der Waals surface area contributed by atoms with Crippen LogP contribution in [0.3, 0.4) is 0 Å². The Labute approximate surface area is 319 Å². The summed E-state index contributed by atoms with van der Waals surface area (Å²) in [4.78, 5) is 57.2. The average molecular weight is 788 g/mol. The van der Waals surface area contributed by atoms with Crippen LogP contribution in [0, 0.1) is 5.92 Å². The van der Waals surface area contributed by atoms with Crippen LogP contribution in [-0.2, 0) is 52.0 Å². The molecule has 4 heterocycles. The van der Waals surface area contributed by atoms with Crippen LogP contribution in [0.2, 0.25) is 18.6 Å². The van der Waals surface area contributed by atoms with Gasteiger partial charge in [-0.15, -0.1) is 0 Å². The molecule has 2 aromatic rings. The van der Waals surface area contributed by atoms with E-state index in [1.807, 2.05) is 24.3 Å². The number of unbranched alkanes of at least 4 members (excludes halogenated alkanes) is 1. The predicted octanol–water partition coefficient (Wildman–Crippen LogP) is 1.23. The number of rotatable bonds is 11. The number of methoxy groups -OCH3 is 1. The lowest BCUT2D eigenvalue weighted by Crippen LogP contribution is -2.60. The van der Waals surface area contributed by atoms with Crippen molar-refractivity contribution in [1.82, 2.24) is 4.90 Å². The van der Waals surface area contributed by atoms with Gasteiger partial charge in [-0.1, -0.05) is 31.2 Å². The van der Waals surface area contributed by atoms with Gasteiger partial charge in [-0.25, -0.2) is 0 Å². The number of aliphatic hydroxyl groups is 5. The molecule has 0 aliphatic carbocycles. The summed E-state index contributed by atoms with van der Waals surface area (Å²) in [6, 6.07) is 11.7. The minimum atomic E-state index is -3.70. The van der Waals surface area contributed by atoms with E-state index in [1.54, 1.807) is 17.9 Å². The molecular formula is C38H50FN3O12Si. The van der Waals surface area contributed by atoms with Gasteiger partial charge in [-0.2, -0.15) is 0 Å². The van der Waals surface area contributed by atoms with Crippen molar-refractivity contribution in [1.29, 1.82) is 0 Å². The quantitative estimate of drug-likeness (QED) is 0.0821. The lowest BCUT2D eigenvalue weighted by molar-refractivity contribution is -0.274. The number of hydrogen-bond donors (Lipinski definition) is 6. The van der Waals surface area contributed by atoms with Gasteiger partial charge in [0.1, 0.15) is 18.3 Å². The van der Waals surface area contributed by atoms with Crippen LogP contribution >= 0.6 is 0 Å². The molecule has 6 N–H and O–H groups in total. The van der Waals surface area contributed by atoms with E-state index < -0.39 is 86.1 Å². The Bertz CT molecular complexity index is 1790. The molecule has 4 aliphatic heterocycles. The number of aliphatic hydroxyl groups excluding tert-OH is 5. The average Bonchev–Trinajstić information content (AvgIpc) is 3.58. The summed E-state index contributed by atoms with van der Waals surface area (Å²) in [5.41, 5.74) is 0.210. The van der Waals surface area contributed by atoms with E-state index >= 15 is 4.11 Å². The van der Waals surface area contributed by atoms with Crippen LogP contribution in [0.1, 0.15) is 49.3 Å². The molecule has 0 saturated carbocycles. The summed E-state index contributed by atoms with van der Waals surface area (Å²) in [5.74, 6) is -2.99. The standard InChI is InChI=1S/C38H50FN3O12Si/c1-20-34(55(3,4)39)27(17-28(44)42-18-22-10-6-5-9-21(22)15-24(42)19-43)54-38(20)25-16-23(40-35(49)33-31(47)30(46)32(48)36(50)53-33)12-13-26(25)41(37(38)51)14-8-7-11-29(45)52-2/h5-6,9-10,12-13,16,20,24,27,30-34,36,43,46-48,50H,7-8,11,14-15,17-19H2,1-4H3,(H,40,49)/t20-,24+,27+,30+,31+,32-,33+,34-,36-,38+/m1/s1. The van der Waals surface area contributed by atoms with Crippen molar-refractivity contribution in [3.05, 3.63) is 59.2 Å². The van der Waals surface area contributed by atoms with Crippen molar-refractivity contribution in [2.24, 2.45) is 5.92 Å². The first-order valence-electron chi connectivity index (χ1n) is 18.6. The third-order valence-corrected chi connectivity index (χ3v) is 14.0. The Balaban J connectivity index is 1.33. The summed E-state index contributed by atoms with van der Waals surface area (Å²) < 4.78 is 33.2. The van der Waals surface area contributed by atoms with Gasteiger partial charge in [0.25, 0.3) is 11.8 Å². The van der Waals surface area contributed by atoms with E-state index in [4.69, 9.17) is 14.2 Å². The molecule has 300 valence electrons. The van der Waals surface area contributed by atoms with Crippen molar-refractivity contribution >= 4 is 43.5 Å². The fraction of sp³-hybridized carbons (Fsp3) is 0.579. The highest BCUT2D eigenvalue weighted by molar-refractivity contribution is 6.72. The maximum absolute atomic E-state index is 16.6. The highest BCUT2D eigenvalue weighted by Crippen LogP contribution is 2.60. The number of nitrogens with zero attached hydrogens (tertiary/aromatic N) is 2. The molecule has 15 nitrogen and oxygen atoms in total. The molecule has 2 fully saturated rings. The summed E-state index contributed by atoms with van der Waals surface area (Å²) >= 11 is 0. The number of benzene rings is 2. The predicted molar refractivity (Wildman–Crippen MR) is 196 cm³/mol. The second kappa shape index (κ2) is 16.0. The number of amides is 3. The minimum absolute atomic E-state index is 0.121. The Kier molecular flexibility index (Phi) is 11.9. The minimum Gasteiger partial charge on any atom is -0.469 e. The van der Waals surface area contributed by atoms with E-state index in [9.17, 15) is 44.7 Å². The summed E-state index contributed by atoms with van der Waals surface area (Å²) in [7, 11) is -2.41. The fourth-order valence-electron chi connectivity index (χ4n) is 8.81. The highest BCUT2D eigenvalue weighted by Gasteiger charge is 2.67. The van der Waals surface area contributed by atoms with Crippen molar-refractivity contribution in [2.45, 2.75) is 113 Å². The molecule has 3 amide bonds. The number of ether oxygens (including phenoxy) is 3. The monoisotopic (exact) mass is 787 g/mol. The smallest absolute Gasteiger partial charge is 0.305 e. The van der Waals surface area contributed by atoms with Gasteiger partial charge in [0, 0.05) is 42.2 Å². The molecule has 1 spiro atoms. The molecule has 10 atom stereocenters. The number of carbonyl (C=O) groups is 4. The number of hydrogen-bond acceptors (Lipinski definition) is 12. The van der Waals surface area contributed by atoms with Crippen LogP contribution in [0.25, 0.3) is 0 Å². The third kappa shape index (κ3) is 7.56. The first-order chi connectivity index (χ1) is 26.0. The highest BCUT2D eigenvalue weighted by atomic mass is 28.4.